The number of fused-ring (bicyclic) bond motifs is 1. The van der Waals surface area contributed by atoms with Crippen LogP contribution in [0.5, 0.6) is 23.0 Å². The van der Waals surface area contributed by atoms with Crippen LogP contribution in [0.25, 0.3) is 11.1 Å². The molecule has 2 heterocycles. The number of benzene rings is 3. The predicted molar refractivity (Wildman–Crippen MR) is 140 cm³/mol. The molecule has 1 saturated heterocycles. The number of phenolic OH excluding ortho intramolecular Hbond substituents is 2. The molecular weight excluding hydrogens is 481 g/mol. The van der Waals surface area contributed by atoms with Crippen LogP contribution in [0.15, 0.2) is 60.7 Å². The number of likely N-dealkylation sites (tertiary alicyclic amines) is 1. The molecule has 0 aliphatic carbocycles. The molecule has 0 radical (unpaired) electrons. The topological polar surface area (TPSA) is 62.2 Å². The van der Waals surface area contributed by atoms with Gasteiger partial charge in [0.25, 0.3) is 0 Å². The molecule has 7 heteroatoms. The molecule has 2 atom stereocenters. The Morgan fingerprint density at radius 1 is 1.08 bits per heavy atom. The Hall–Kier alpha value is -3.22. The van der Waals surface area contributed by atoms with Crippen LogP contribution in [0.1, 0.15) is 36.1 Å². The van der Waals surface area contributed by atoms with Gasteiger partial charge in [-0.1, -0.05) is 29.8 Å². The summed E-state index contributed by atoms with van der Waals surface area (Å²) in [4.78, 5) is 2.24. The summed E-state index contributed by atoms with van der Waals surface area (Å²) >= 11 is 6.24. The summed E-state index contributed by atoms with van der Waals surface area (Å²) < 4.78 is 25.2. The molecule has 3 aromatic rings. The molecule has 1 fully saturated rings. The van der Waals surface area contributed by atoms with Crippen molar-refractivity contribution in [1.29, 1.82) is 0 Å². The maximum absolute atomic E-state index is 12.8. The first-order valence-electron chi connectivity index (χ1n) is 12.1. The van der Waals surface area contributed by atoms with Crippen LogP contribution in [0.2, 0.25) is 5.02 Å². The average molecular weight is 510 g/mol. The van der Waals surface area contributed by atoms with Gasteiger partial charge in [0.1, 0.15) is 35.7 Å². The number of ether oxygens (including phenoxy) is 2. The molecule has 188 valence electrons. The Bertz CT molecular complexity index is 1280. The van der Waals surface area contributed by atoms with Gasteiger partial charge >= 0.3 is 0 Å². The Labute approximate surface area is 215 Å². The van der Waals surface area contributed by atoms with E-state index < -0.39 is 6.10 Å². The Morgan fingerprint density at radius 3 is 2.61 bits per heavy atom. The number of phenols is 2. The molecule has 3 aromatic carbocycles. The highest BCUT2D eigenvalue weighted by Crippen LogP contribution is 2.48. The van der Waals surface area contributed by atoms with E-state index in [-0.39, 0.29) is 29.1 Å². The number of nitrogens with zero attached hydrogens (tertiary/aromatic N) is 1. The molecular formula is C29H29ClFNO4. The molecule has 36 heavy (non-hydrogen) atoms. The van der Waals surface area contributed by atoms with Crippen molar-refractivity contribution in [3.05, 3.63) is 82.4 Å². The fraction of sp³-hybridized carbons (Fsp3) is 0.310. The van der Waals surface area contributed by atoms with Crippen molar-refractivity contribution in [1.82, 2.24) is 4.90 Å². The maximum atomic E-state index is 12.8. The molecule has 5 rings (SSSR count). The first-order chi connectivity index (χ1) is 17.4. The number of halogens is 2. The van der Waals surface area contributed by atoms with Crippen molar-refractivity contribution in [2.45, 2.75) is 19.4 Å². The zero-order valence-electron chi connectivity index (χ0n) is 20.1. The SMILES string of the molecule is CC1=C(c2ccc(O)c(Cl)c2)C(c2ccc(OCCN3CCC(CF)C3)cc2)Oc2ccc(O)cc21. The van der Waals surface area contributed by atoms with Crippen LogP contribution < -0.4 is 9.47 Å². The van der Waals surface area contributed by atoms with Crippen molar-refractivity contribution >= 4 is 22.7 Å². The van der Waals surface area contributed by atoms with Crippen molar-refractivity contribution in [2.75, 3.05) is 32.9 Å². The minimum absolute atomic E-state index is 0.0145. The zero-order valence-corrected chi connectivity index (χ0v) is 20.8. The number of rotatable bonds is 7. The Balaban J connectivity index is 1.38. The lowest BCUT2D eigenvalue weighted by molar-refractivity contribution is 0.228. The highest BCUT2D eigenvalue weighted by atomic mass is 35.5. The summed E-state index contributed by atoms with van der Waals surface area (Å²) in [6.07, 6.45) is 0.496. The van der Waals surface area contributed by atoms with E-state index in [9.17, 15) is 14.6 Å². The fourth-order valence-electron chi connectivity index (χ4n) is 4.99. The number of aromatic hydroxyl groups is 2. The quantitative estimate of drug-likeness (QED) is 0.381. The van der Waals surface area contributed by atoms with Gasteiger partial charge in [-0.25, -0.2) is 0 Å². The maximum Gasteiger partial charge on any atom is 0.150 e. The van der Waals surface area contributed by atoms with Gasteiger partial charge in [-0.2, -0.15) is 0 Å². The third-order valence-electron chi connectivity index (χ3n) is 6.98. The minimum Gasteiger partial charge on any atom is -0.508 e. The molecule has 5 nitrogen and oxygen atoms in total. The second-order valence-electron chi connectivity index (χ2n) is 9.41. The summed E-state index contributed by atoms with van der Waals surface area (Å²) in [5.41, 5.74) is 4.43. The molecule has 0 bridgehead atoms. The second-order valence-corrected chi connectivity index (χ2v) is 9.82. The van der Waals surface area contributed by atoms with E-state index in [4.69, 9.17) is 21.1 Å². The first-order valence-corrected chi connectivity index (χ1v) is 12.5. The highest BCUT2D eigenvalue weighted by Gasteiger charge is 2.30. The van der Waals surface area contributed by atoms with Crippen LogP contribution in [-0.4, -0.2) is 48.0 Å². The predicted octanol–water partition coefficient (Wildman–Crippen LogP) is 6.49. The number of alkyl halides is 1. The van der Waals surface area contributed by atoms with Gasteiger partial charge < -0.3 is 19.7 Å². The van der Waals surface area contributed by atoms with Gasteiger partial charge in [0.15, 0.2) is 0 Å². The van der Waals surface area contributed by atoms with E-state index in [0.717, 1.165) is 59.6 Å². The van der Waals surface area contributed by atoms with E-state index >= 15 is 0 Å². The molecule has 2 aliphatic rings. The standard InChI is InChI=1S/C29H29ClFNO4/c1-18-24-15-22(33)5-9-27(24)36-29(28(18)21-4-8-26(34)25(30)14-21)20-2-6-23(7-3-20)35-13-12-32-11-10-19(16-31)17-32/h2-9,14-15,19,29,33-34H,10-13,16-17H2,1H3. The molecule has 0 aromatic heterocycles. The lowest BCUT2D eigenvalue weighted by atomic mass is 9.86. The van der Waals surface area contributed by atoms with Crippen molar-refractivity contribution in [3.63, 3.8) is 0 Å². The minimum atomic E-state index is -0.418. The third-order valence-corrected chi connectivity index (χ3v) is 7.29. The summed E-state index contributed by atoms with van der Waals surface area (Å²) in [6, 6.07) is 18.0. The highest BCUT2D eigenvalue weighted by molar-refractivity contribution is 6.32. The van der Waals surface area contributed by atoms with Gasteiger partial charge in [-0.05, 0) is 79.1 Å². The summed E-state index contributed by atoms with van der Waals surface area (Å²) in [7, 11) is 0. The van der Waals surface area contributed by atoms with Gasteiger partial charge in [0, 0.05) is 30.1 Å². The van der Waals surface area contributed by atoms with E-state index in [0.29, 0.717) is 12.4 Å². The average Bonchev–Trinajstić information content (AvgIpc) is 3.35. The lowest BCUT2D eigenvalue weighted by Gasteiger charge is -2.31. The smallest absolute Gasteiger partial charge is 0.150 e. The van der Waals surface area contributed by atoms with E-state index in [2.05, 4.69) is 4.90 Å². The number of hydrogen-bond acceptors (Lipinski definition) is 5. The molecule has 0 spiro atoms. The van der Waals surface area contributed by atoms with Crippen LogP contribution in [-0.2, 0) is 0 Å². The molecule has 2 aliphatic heterocycles. The lowest BCUT2D eigenvalue weighted by Crippen LogP contribution is -2.26. The monoisotopic (exact) mass is 509 g/mol. The fourth-order valence-corrected chi connectivity index (χ4v) is 5.17. The van der Waals surface area contributed by atoms with E-state index in [1.54, 1.807) is 30.3 Å². The van der Waals surface area contributed by atoms with Crippen LogP contribution in [0, 0.1) is 5.92 Å². The largest absolute Gasteiger partial charge is 0.508 e. The van der Waals surface area contributed by atoms with Gasteiger partial charge in [0.2, 0.25) is 0 Å². The van der Waals surface area contributed by atoms with Gasteiger partial charge in [-0.3, -0.25) is 9.29 Å². The van der Waals surface area contributed by atoms with Crippen LogP contribution in [0.4, 0.5) is 4.39 Å². The molecule has 2 unspecified atom stereocenters. The van der Waals surface area contributed by atoms with Crippen molar-refractivity contribution < 1.29 is 24.1 Å². The Morgan fingerprint density at radius 2 is 1.89 bits per heavy atom. The molecule has 2 N–H and O–H groups in total. The number of allylic oxidation sites excluding steroid dienone is 1. The summed E-state index contributed by atoms with van der Waals surface area (Å²) in [6.45, 7) is 4.79. The third kappa shape index (κ3) is 5.01. The van der Waals surface area contributed by atoms with Gasteiger partial charge in [0.05, 0.1) is 11.7 Å². The summed E-state index contributed by atoms with van der Waals surface area (Å²) in [5.74, 6) is 1.77. The summed E-state index contributed by atoms with van der Waals surface area (Å²) in [5, 5.41) is 20.2. The first kappa shape index (κ1) is 24.5. The van der Waals surface area contributed by atoms with E-state index in [1.165, 1.54) is 0 Å². The van der Waals surface area contributed by atoms with Crippen LogP contribution in [0.3, 0.4) is 0 Å². The normalized spacial score (nSPS) is 19.8. The van der Waals surface area contributed by atoms with Gasteiger partial charge in [-0.15, -0.1) is 0 Å². The van der Waals surface area contributed by atoms with E-state index in [1.807, 2.05) is 37.3 Å². The van der Waals surface area contributed by atoms with Crippen molar-refractivity contribution in [3.8, 4) is 23.0 Å². The number of hydrogen-bond donors (Lipinski definition) is 2. The van der Waals surface area contributed by atoms with Crippen LogP contribution >= 0.6 is 11.6 Å². The van der Waals surface area contributed by atoms with Crippen molar-refractivity contribution in [2.24, 2.45) is 5.92 Å². The Kier molecular flexibility index (Phi) is 7.08. The second kappa shape index (κ2) is 10.4. The molecule has 0 saturated carbocycles. The molecule has 0 amide bonds. The zero-order chi connectivity index (χ0) is 25.2.